The molecule has 0 radical (unpaired) electrons. The maximum atomic E-state index is 12.1. The smallest absolute Gasteiger partial charge is 0.214 e. The highest BCUT2D eigenvalue weighted by molar-refractivity contribution is 7.89. The number of methoxy groups -OCH3 is 1. The molecule has 0 amide bonds. The molecule has 1 fully saturated rings. The monoisotopic (exact) mass is 378 g/mol. The quantitative estimate of drug-likeness (QED) is 0.826. The molecule has 26 heavy (non-hydrogen) atoms. The van der Waals surface area contributed by atoms with Crippen molar-refractivity contribution in [2.75, 3.05) is 40.0 Å². The summed E-state index contributed by atoms with van der Waals surface area (Å²) in [5, 5.41) is 12.5. The van der Waals surface area contributed by atoms with E-state index in [-0.39, 0.29) is 11.7 Å². The SMILES string of the molecule is COc1ccc(CN2C[C@@H](CS(=O)(=O)N(C)C)[C@H](O)C2)c2ccccc12. The van der Waals surface area contributed by atoms with Crippen LogP contribution in [0.15, 0.2) is 36.4 Å². The Morgan fingerprint density at radius 2 is 1.85 bits per heavy atom. The van der Waals surface area contributed by atoms with Crippen LogP contribution in [-0.2, 0) is 16.6 Å². The Labute approximate surface area is 155 Å². The van der Waals surface area contributed by atoms with E-state index in [9.17, 15) is 13.5 Å². The van der Waals surface area contributed by atoms with Crippen LogP contribution in [0.1, 0.15) is 5.56 Å². The standard InChI is InChI=1S/C19H26N2O4S/c1-20(2)26(23,24)13-15-11-21(12-18(15)22)10-14-8-9-19(25-3)17-7-5-4-6-16(14)17/h4-9,15,18,22H,10-13H2,1-3H3/t15-,18+/m0/s1. The summed E-state index contributed by atoms with van der Waals surface area (Å²) in [6.07, 6.45) is -0.630. The Balaban J connectivity index is 1.78. The number of hydrogen-bond donors (Lipinski definition) is 1. The number of aliphatic hydroxyl groups excluding tert-OH is 1. The number of likely N-dealkylation sites (tertiary alicyclic amines) is 1. The second kappa shape index (κ2) is 7.52. The van der Waals surface area contributed by atoms with Crippen LogP contribution in [0.5, 0.6) is 5.75 Å². The van der Waals surface area contributed by atoms with Crippen molar-refractivity contribution in [2.45, 2.75) is 12.6 Å². The fraction of sp³-hybridized carbons (Fsp3) is 0.474. The molecule has 3 rings (SSSR count). The van der Waals surface area contributed by atoms with E-state index < -0.39 is 16.1 Å². The second-order valence-corrected chi connectivity index (χ2v) is 9.28. The summed E-state index contributed by atoms with van der Waals surface area (Å²) in [4.78, 5) is 2.12. The fourth-order valence-electron chi connectivity index (χ4n) is 3.54. The zero-order chi connectivity index (χ0) is 18.9. The number of fused-ring (bicyclic) bond motifs is 1. The number of β-amino-alcohol motifs (C(OH)–C–C–N with tert-alkyl or cyclic N) is 1. The molecule has 0 unspecified atom stereocenters. The van der Waals surface area contributed by atoms with Crippen LogP contribution in [0.2, 0.25) is 0 Å². The number of hydrogen-bond acceptors (Lipinski definition) is 5. The van der Waals surface area contributed by atoms with Crippen LogP contribution in [0.3, 0.4) is 0 Å². The van der Waals surface area contributed by atoms with Gasteiger partial charge >= 0.3 is 0 Å². The van der Waals surface area contributed by atoms with Crippen molar-refractivity contribution in [2.24, 2.45) is 5.92 Å². The molecule has 2 aromatic carbocycles. The maximum absolute atomic E-state index is 12.1. The number of nitrogens with zero attached hydrogens (tertiary/aromatic N) is 2. The molecule has 0 aromatic heterocycles. The topological polar surface area (TPSA) is 70.1 Å². The largest absolute Gasteiger partial charge is 0.496 e. The average molecular weight is 378 g/mol. The highest BCUT2D eigenvalue weighted by Gasteiger charge is 2.35. The molecular formula is C19H26N2O4S. The fourth-order valence-corrected chi connectivity index (χ4v) is 4.71. The molecule has 1 N–H and O–H groups in total. The minimum Gasteiger partial charge on any atom is -0.496 e. The van der Waals surface area contributed by atoms with E-state index in [1.807, 2.05) is 30.3 Å². The average Bonchev–Trinajstić information content (AvgIpc) is 2.93. The molecule has 1 heterocycles. The maximum Gasteiger partial charge on any atom is 0.214 e. The summed E-state index contributed by atoms with van der Waals surface area (Å²) in [5.41, 5.74) is 1.14. The van der Waals surface area contributed by atoms with Gasteiger partial charge in [0.05, 0.1) is 19.0 Å². The first-order valence-corrected chi connectivity index (χ1v) is 10.3. The Morgan fingerprint density at radius 1 is 1.15 bits per heavy atom. The molecule has 1 aliphatic heterocycles. The van der Waals surface area contributed by atoms with Crippen LogP contribution < -0.4 is 4.74 Å². The third-order valence-corrected chi connectivity index (χ3v) is 7.01. The molecule has 1 aliphatic rings. The van der Waals surface area contributed by atoms with E-state index in [1.54, 1.807) is 7.11 Å². The van der Waals surface area contributed by atoms with Gasteiger partial charge in [-0.2, -0.15) is 0 Å². The Morgan fingerprint density at radius 3 is 2.50 bits per heavy atom. The van der Waals surface area contributed by atoms with Gasteiger partial charge in [-0.25, -0.2) is 12.7 Å². The van der Waals surface area contributed by atoms with Gasteiger partial charge in [-0.1, -0.05) is 30.3 Å². The summed E-state index contributed by atoms with van der Waals surface area (Å²) < 4.78 is 30.9. The number of sulfonamides is 1. The zero-order valence-electron chi connectivity index (χ0n) is 15.4. The Kier molecular flexibility index (Phi) is 5.53. The normalized spacial score (nSPS) is 21.6. The van der Waals surface area contributed by atoms with Gasteiger partial charge in [-0.05, 0) is 17.0 Å². The Hall–Kier alpha value is -1.67. The van der Waals surface area contributed by atoms with Gasteiger partial charge in [-0.3, -0.25) is 4.90 Å². The molecule has 2 atom stereocenters. The molecule has 142 valence electrons. The molecule has 1 saturated heterocycles. The first kappa shape index (κ1) is 19.1. The molecule has 0 aliphatic carbocycles. The summed E-state index contributed by atoms with van der Waals surface area (Å²) in [6, 6.07) is 12.1. The van der Waals surface area contributed by atoms with Crippen molar-refractivity contribution in [1.82, 2.24) is 9.21 Å². The van der Waals surface area contributed by atoms with Crippen LogP contribution >= 0.6 is 0 Å². The highest BCUT2D eigenvalue weighted by Crippen LogP contribution is 2.30. The van der Waals surface area contributed by atoms with Crippen LogP contribution in [0.4, 0.5) is 0 Å². The van der Waals surface area contributed by atoms with E-state index in [4.69, 9.17) is 4.74 Å². The van der Waals surface area contributed by atoms with Gasteiger partial charge in [-0.15, -0.1) is 0 Å². The first-order valence-electron chi connectivity index (χ1n) is 8.67. The highest BCUT2D eigenvalue weighted by atomic mass is 32.2. The van der Waals surface area contributed by atoms with Gasteiger partial charge in [0, 0.05) is 45.0 Å². The van der Waals surface area contributed by atoms with E-state index in [1.165, 1.54) is 18.4 Å². The minimum absolute atomic E-state index is 0.0268. The summed E-state index contributed by atoms with van der Waals surface area (Å²) >= 11 is 0. The first-order chi connectivity index (χ1) is 12.3. The van der Waals surface area contributed by atoms with E-state index in [0.29, 0.717) is 19.6 Å². The lowest BCUT2D eigenvalue weighted by Gasteiger charge is -2.19. The van der Waals surface area contributed by atoms with Gasteiger partial charge in [0.2, 0.25) is 10.0 Å². The number of ether oxygens (including phenoxy) is 1. The number of aliphatic hydroxyl groups is 1. The molecule has 2 aromatic rings. The lowest BCUT2D eigenvalue weighted by molar-refractivity contribution is 0.148. The minimum atomic E-state index is -3.32. The van der Waals surface area contributed by atoms with Crippen LogP contribution in [-0.4, -0.2) is 68.9 Å². The predicted octanol–water partition coefficient (Wildman–Crippen LogP) is 1.53. The third kappa shape index (κ3) is 3.86. The molecule has 0 bridgehead atoms. The van der Waals surface area contributed by atoms with Crippen molar-refractivity contribution < 1.29 is 18.3 Å². The van der Waals surface area contributed by atoms with Crippen LogP contribution in [0.25, 0.3) is 10.8 Å². The molecule has 0 spiro atoms. The van der Waals surface area contributed by atoms with Gasteiger partial charge in [0.25, 0.3) is 0 Å². The zero-order valence-corrected chi connectivity index (χ0v) is 16.2. The lowest BCUT2D eigenvalue weighted by atomic mass is 10.0. The van der Waals surface area contributed by atoms with Gasteiger partial charge in [0.1, 0.15) is 5.75 Å². The summed E-state index contributed by atoms with van der Waals surface area (Å²) in [7, 11) is 1.39. The summed E-state index contributed by atoms with van der Waals surface area (Å²) in [6.45, 7) is 1.71. The van der Waals surface area contributed by atoms with Crippen LogP contribution in [0, 0.1) is 5.92 Å². The van der Waals surface area contributed by atoms with Crippen molar-refractivity contribution in [3.63, 3.8) is 0 Å². The van der Waals surface area contributed by atoms with E-state index in [2.05, 4.69) is 11.0 Å². The number of benzene rings is 2. The Bertz CT molecular complexity index is 882. The van der Waals surface area contributed by atoms with Crippen molar-refractivity contribution in [3.8, 4) is 5.75 Å². The second-order valence-electron chi connectivity index (χ2n) is 7.05. The predicted molar refractivity (Wildman–Crippen MR) is 103 cm³/mol. The molecule has 0 saturated carbocycles. The van der Waals surface area contributed by atoms with Crippen molar-refractivity contribution in [1.29, 1.82) is 0 Å². The van der Waals surface area contributed by atoms with E-state index >= 15 is 0 Å². The molecule has 7 heteroatoms. The van der Waals surface area contributed by atoms with Crippen molar-refractivity contribution in [3.05, 3.63) is 42.0 Å². The number of rotatable bonds is 6. The van der Waals surface area contributed by atoms with E-state index in [0.717, 1.165) is 22.1 Å². The molecule has 6 nitrogen and oxygen atoms in total. The third-order valence-electron chi connectivity index (χ3n) is 5.05. The molecular weight excluding hydrogens is 352 g/mol. The van der Waals surface area contributed by atoms with Gasteiger partial charge < -0.3 is 9.84 Å². The van der Waals surface area contributed by atoms with Gasteiger partial charge in [0.15, 0.2) is 0 Å². The van der Waals surface area contributed by atoms with Crippen molar-refractivity contribution >= 4 is 20.8 Å². The summed E-state index contributed by atoms with van der Waals surface area (Å²) in [5.74, 6) is 0.536. The lowest BCUT2D eigenvalue weighted by Crippen LogP contribution is -2.33.